The molecule has 0 radical (unpaired) electrons. The van der Waals surface area contributed by atoms with Gasteiger partial charge in [-0.1, -0.05) is 6.07 Å². The lowest BCUT2D eigenvalue weighted by Gasteiger charge is -2.05. The maximum Gasteiger partial charge on any atom is 0.490 e. The van der Waals surface area contributed by atoms with Crippen LogP contribution in [0.3, 0.4) is 0 Å². The molecule has 15 heavy (non-hydrogen) atoms. The first-order valence-electron chi connectivity index (χ1n) is 4.55. The van der Waals surface area contributed by atoms with Crippen molar-refractivity contribution in [3.05, 3.63) is 34.7 Å². The van der Waals surface area contributed by atoms with Crippen molar-refractivity contribution in [1.82, 2.24) is 4.98 Å². The van der Waals surface area contributed by atoms with Crippen molar-refractivity contribution in [3.8, 4) is 11.3 Å². The number of hydrogen-bond donors (Lipinski definition) is 2. The van der Waals surface area contributed by atoms with Crippen molar-refractivity contribution in [1.29, 1.82) is 0 Å². The second kappa shape index (κ2) is 4.14. The summed E-state index contributed by atoms with van der Waals surface area (Å²) in [6.07, 6.45) is 0. The van der Waals surface area contributed by atoms with Crippen molar-refractivity contribution < 1.29 is 10.0 Å². The smallest absolute Gasteiger partial charge is 0.423 e. The largest absolute Gasteiger partial charge is 0.490 e. The van der Waals surface area contributed by atoms with Gasteiger partial charge >= 0.3 is 7.12 Å². The lowest BCUT2D eigenvalue weighted by Crippen LogP contribution is -2.32. The molecule has 0 aliphatic heterocycles. The van der Waals surface area contributed by atoms with Gasteiger partial charge in [0.1, 0.15) is 0 Å². The van der Waals surface area contributed by atoms with Crippen LogP contribution in [0.1, 0.15) is 5.69 Å². The molecular formula is C10H10BNO2S. The molecule has 0 fully saturated rings. The van der Waals surface area contributed by atoms with Crippen molar-refractivity contribution in [2.45, 2.75) is 6.92 Å². The van der Waals surface area contributed by atoms with E-state index in [0.29, 0.717) is 11.2 Å². The summed E-state index contributed by atoms with van der Waals surface area (Å²) in [7, 11) is -1.45. The van der Waals surface area contributed by atoms with Crippen molar-refractivity contribution >= 4 is 23.9 Å². The van der Waals surface area contributed by atoms with Gasteiger partial charge in [-0.3, -0.25) is 4.98 Å². The van der Waals surface area contributed by atoms with E-state index in [1.54, 1.807) is 30.4 Å². The summed E-state index contributed by atoms with van der Waals surface area (Å²) in [6.45, 7) is 1.77. The molecule has 0 spiro atoms. The van der Waals surface area contributed by atoms with Crippen molar-refractivity contribution in [3.63, 3.8) is 0 Å². The third-order valence-corrected chi connectivity index (χ3v) is 2.91. The van der Waals surface area contributed by atoms with Crippen LogP contribution in [0.5, 0.6) is 0 Å². The van der Waals surface area contributed by atoms with Crippen LogP contribution in [-0.4, -0.2) is 22.2 Å². The number of nitrogens with zero attached hydrogens (tertiary/aromatic N) is 1. The number of pyridine rings is 1. The Labute approximate surface area is 92.2 Å². The second-order valence-corrected chi connectivity index (χ2v) is 4.04. The van der Waals surface area contributed by atoms with E-state index in [-0.39, 0.29) is 0 Å². The Hall–Kier alpha value is -1.17. The van der Waals surface area contributed by atoms with E-state index in [0.717, 1.165) is 11.3 Å². The van der Waals surface area contributed by atoms with Crippen molar-refractivity contribution in [2.75, 3.05) is 0 Å². The summed E-state index contributed by atoms with van der Waals surface area (Å²) in [5, 5.41) is 22.1. The summed E-state index contributed by atoms with van der Waals surface area (Å²) in [5.41, 5.74) is 3.02. The zero-order valence-corrected chi connectivity index (χ0v) is 9.03. The lowest BCUT2D eigenvalue weighted by atomic mass is 9.79. The Morgan fingerprint density at radius 3 is 2.60 bits per heavy atom. The van der Waals surface area contributed by atoms with E-state index in [1.165, 1.54) is 0 Å². The Kier molecular flexibility index (Phi) is 2.86. The van der Waals surface area contributed by atoms with Gasteiger partial charge in [-0.05, 0) is 24.4 Å². The van der Waals surface area contributed by atoms with Gasteiger partial charge in [0.25, 0.3) is 0 Å². The Morgan fingerprint density at radius 2 is 2.07 bits per heavy atom. The predicted octanol–water partition coefficient (Wildman–Crippen LogP) is 0.798. The van der Waals surface area contributed by atoms with E-state index in [4.69, 9.17) is 10.0 Å². The highest BCUT2D eigenvalue weighted by atomic mass is 32.1. The summed E-state index contributed by atoms with van der Waals surface area (Å²) < 4.78 is 0. The van der Waals surface area contributed by atoms with Crippen LogP contribution in [0.15, 0.2) is 29.0 Å². The van der Waals surface area contributed by atoms with E-state index in [9.17, 15) is 0 Å². The minimum Gasteiger partial charge on any atom is -0.423 e. The van der Waals surface area contributed by atoms with Crippen LogP contribution in [-0.2, 0) is 0 Å². The van der Waals surface area contributed by atoms with Gasteiger partial charge in [-0.2, -0.15) is 11.3 Å². The molecule has 0 bridgehead atoms. The maximum atomic E-state index is 9.04. The molecule has 2 N–H and O–H groups in total. The Morgan fingerprint density at radius 1 is 1.27 bits per heavy atom. The Bertz CT molecular complexity index is 456. The normalized spacial score (nSPS) is 10.3. The molecule has 0 amide bonds. The van der Waals surface area contributed by atoms with Gasteiger partial charge in [-0.25, -0.2) is 0 Å². The quantitative estimate of drug-likeness (QED) is 0.734. The van der Waals surface area contributed by atoms with Crippen LogP contribution in [0, 0.1) is 6.92 Å². The lowest BCUT2D eigenvalue weighted by molar-refractivity contribution is 0.425. The van der Waals surface area contributed by atoms with Gasteiger partial charge in [-0.15, -0.1) is 0 Å². The van der Waals surface area contributed by atoms with Crippen LogP contribution < -0.4 is 5.46 Å². The number of thiophene rings is 1. The Balaban J connectivity index is 2.42. The minimum absolute atomic E-state index is 0.453. The van der Waals surface area contributed by atoms with Gasteiger partial charge in [0.05, 0.1) is 5.69 Å². The van der Waals surface area contributed by atoms with Gasteiger partial charge in [0.2, 0.25) is 0 Å². The van der Waals surface area contributed by atoms with E-state index in [2.05, 4.69) is 4.98 Å². The average molecular weight is 219 g/mol. The minimum atomic E-state index is -1.45. The molecule has 0 aromatic carbocycles. The summed E-state index contributed by atoms with van der Waals surface area (Å²) >= 11 is 1.61. The number of aromatic nitrogens is 1. The summed E-state index contributed by atoms with van der Waals surface area (Å²) in [5.74, 6) is 0. The molecule has 76 valence electrons. The zero-order valence-electron chi connectivity index (χ0n) is 8.21. The number of rotatable bonds is 2. The number of hydrogen-bond acceptors (Lipinski definition) is 4. The molecule has 0 atom stereocenters. The van der Waals surface area contributed by atoms with E-state index >= 15 is 0 Å². The molecule has 3 nitrogen and oxygen atoms in total. The van der Waals surface area contributed by atoms with Crippen LogP contribution >= 0.6 is 11.3 Å². The molecule has 0 unspecified atom stereocenters. The number of aryl methyl sites for hydroxylation is 1. The molecule has 0 aliphatic rings. The van der Waals surface area contributed by atoms with Crippen LogP contribution in [0.2, 0.25) is 0 Å². The van der Waals surface area contributed by atoms with Crippen molar-refractivity contribution in [2.24, 2.45) is 0 Å². The first-order valence-corrected chi connectivity index (χ1v) is 5.49. The standard InChI is InChI=1S/C10H10BNO2S/c1-7-9(11(13)14)2-3-10(12-7)8-4-5-15-6-8/h2-6,13-14H,1H3. The highest BCUT2D eigenvalue weighted by Gasteiger charge is 2.15. The fraction of sp³-hybridized carbons (Fsp3) is 0.100. The fourth-order valence-corrected chi connectivity index (χ4v) is 2.07. The van der Waals surface area contributed by atoms with Gasteiger partial charge in [0, 0.05) is 22.1 Å². The molecule has 2 heterocycles. The highest BCUT2D eigenvalue weighted by molar-refractivity contribution is 7.08. The van der Waals surface area contributed by atoms with Crippen LogP contribution in [0.4, 0.5) is 0 Å². The van der Waals surface area contributed by atoms with Gasteiger partial charge < -0.3 is 10.0 Å². The second-order valence-electron chi connectivity index (χ2n) is 3.26. The molecule has 2 rings (SSSR count). The summed E-state index contributed by atoms with van der Waals surface area (Å²) in [6, 6.07) is 5.48. The molecule has 0 saturated carbocycles. The molecule has 2 aromatic heterocycles. The van der Waals surface area contributed by atoms with Gasteiger partial charge in [0.15, 0.2) is 0 Å². The third kappa shape index (κ3) is 2.09. The zero-order chi connectivity index (χ0) is 10.8. The monoisotopic (exact) mass is 219 g/mol. The first kappa shape index (κ1) is 10.4. The SMILES string of the molecule is Cc1nc(-c2ccsc2)ccc1B(O)O. The molecular weight excluding hydrogens is 209 g/mol. The maximum absolute atomic E-state index is 9.04. The molecule has 2 aromatic rings. The first-order chi connectivity index (χ1) is 7.18. The highest BCUT2D eigenvalue weighted by Crippen LogP contribution is 2.19. The van der Waals surface area contributed by atoms with E-state index in [1.807, 2.05) is 16.8 Å². The third-order valence-electron chi connectivity index (χ3n) is 2.22. The van der Waals surface area contributed by atoms with Crippen LogP contribution in [0.25, 0.3) is 11.3 Å². The molecule has 0 saturated heterocycles. The summed E-state index contributed by atoms with van der Waals surface area (Å²) in [4.78, 5) is 4.32. The van der Waals surface area contributed by atoms with E-state index < -0.39 is 7.12 Å². The topological polar surface area (TPSA) is 53.4 Å². The molecule has 5 heteroatoms. The fourth-order valence-electron chi connectivity index (χ4n) is 1.42. The average Bonchev–Trinajstić information content (AvgIpc) is 2.69. The molecule has 0 aliphatic carbocycles. The predicted molar refractivity (Wildman–Crippen MR) is 62.1 cm³/mol.